The van der Waals surface area contributed by atoms with E-state index in [1.54, 1.807) is 0 Å². The van der Waals surface area contributed by atoms with E-state index in [0.717, 1.165) is 39.0 Å². The van der Waals surface area contributed by atoms with Gasteiger partial charge >= 0.3 is 0 Å². The van der Waals surface area contributed by atoms with E-state index in [1.807, 2.05) is 6.08 Å². The highest BCUT2D eigenvalue weighted by molar-refractivity contribution is 5.92. The summed E-state index contributed by atoms with van der Waals surface area (Å²) < 4.78 is 5.71. The summed E-state index contributed by atoms with van der Waals surface area (Å²) >= 11 is 0. The van der Waals surface area contributed by atoms with Crippen LogP contribution in [0.3, 0.4) is 0 Å². The van der Waals surface area contributed by atoms with Crippen LogP contribution in [0.25, 0.3) is 0 Å². The van der Waals surface area contributed by atoms with Crippen LogP contribution in [0.1, 0.15) is 32.6 Å². The third kappa shape index (κ3) is 2.59. The van der Waals surface area contributed by atoms with Gasteiger partial charge in [0.05, 0.1) is 6.10 Å². The van der Waals surface area contributed by atoms with Crippen LogP contribution in [-0.2, 0) is 9.53 Å². The van der Waals surface area contributed by atoms with Crippen molar-refractivity contribution in [3.8, 4) is 0 Å². The molecule has 2 rings (SSSR count). The summed E-state index contributed by atoms with van der Waals surface area (Å²) in [6.45, 7) is 5.00. The molecule has 1 fully saturated rings. The van der Waals surface area contributed by atoms with E-state index in [-0.39, 0.29) is 5.78 Å². The minimum absolute atomic E-state index is 0.281. The van der Waals surface area contributed by atoms with Gasteiger partial charge in [0, 0.05) is 37.9 Å². The van der Waals surface area contributed by atoms with Gasteiger partial charge in [-0.15, -0.1) is 0 Å². The first-order chi connectivity index (χ1) is 7.29. The standard InChI is InChI=1S/C12H19NO2/c1-2-12-9-13(6-3-7-15-12)10-4-5-11(14)8-10/h8,12H,2-7,9H2,1H3. The second-order valence-corrected chi connectivity index (χ2v) is 4.30. The van der Waals surface area contributed by atoms with Crippen LogP contribution in [0.4, 0.5) is 0 Å². The van der Waals surface area contributed by atoms with Crippen molar-refractivity contribution in [3.05, 3.63) is 11.8 Å². The van der Waals surface area contributed by atoms with Crippen LogP contribution in [0.2, 0.25) is 0 Å². The Labute approximate surface area is 91.1 Å². The van der Waals surface area contributed by atoms with Crippen molar-refractivity contribution < 1.29 is 9.53 Å². The molecule has 3 heteroatoms. The third-order valence-corrected chi connectivity index (χ3v) is 3.17. The van der Waals surface area contributed by atoms with Crippen LogP contribution in [-0.4, -0.2) is 36.5 Å². The van der Waals surface area contributed by atoms with Crippen molar-refractivity contribution in [2.75, 3.05) is 19.7 Å². The maximum absolute atomic E-state index is 11.2. The SMILES string of the molecule is CCC1CN(C2=CC(=O)CC2)CCCO1. The van der Waals surface area contributed by atoms with Crippen molar-refractivity contribution >= 4 is 5.78 Å². The normalized spacial score (nSPS) is 27.8. The molecule has 1 aliphatic carbocycles. The first-order valence-electron chi connectivity index (χ1n) is 5.89. The molecule has 0 amide bonds. The second kappa shape index (κ2) is 4.79. The molecule has 0 N–H and O–H groups in total. The molecular formula is C12H19NO2. The van der Waals surface area contributed by atoms with Crippen molar-refractivity contribution in [3.63, 3.8) is 0 Å². The van der Waals surface area contributed by atoms with Crippen molar-refractivity contribution in [2.24, 2.45) is 0 Å². The molecular weight excluding hydrogens is 190 g/mol. The Morgan fingerprint density at radius 2 is 2.40 bits per heavy atom. The number of rotatable bonds is 2. The Morgan fingerprint density at radius 3 is 3.07 bits per heavy atom. The summed E-state index contributed by atoms with van der Waals surface area (Å²) in [6.07, 6.45) is 5.90. The Balaban J connectivity index is 2.01. The van der Waals surface area contributed by atoms with Crippen LogP contribution in [0.5, 0.6) is 0 Å². The first-order valence-corrected chi connectivity index (χ1v) is 5.89. The van der Waals surface area contributed by atoms with E-state index in [4.69, 9.17) is 4.74 Å². The lowest BCUT2D eigenvalue weighted by atomic mass is 10.2. The van der Waals surface area contributed by atoms with E-state index >= 15 is 0 Å². The quantitative estimate of drug-likeness (QED) is 0.693. The summed E-state index contributed by atoms with van der Waals surface area (Å²) in [5.41, 5.74) is 1.23. The minimum atomic E-state index is 0.281. The summed E-state index contributed by atoms with van der Waals surface area (Å²) in [5.74, 6) is 0.281. The molecule has 2 aliphatic rings. The zero-order valence-electron chi connectivity index (χ0n) is 9.37. The number of allylic oxidation sites excluding steroid dienone is 2. The number of nitrogens with zero attached hydrogens (tertiary/aromatic N) is 1. The van der Waals surface area contributed by atoms with Gasteiger partial charge in [-0.2, -0.15) is 0 Å². The molecule has 1 saturated heterocycles. The molecule has 1 heterocycles. The van der Waals surface area contributed by atoms with Gasteiger partial charge in [-0.25, -0.2) is 0 Å². The van der Waals surface area contributed by atoms with Gasteiger partial charge in [0.25, 0.3) is 0 Å². The summed E-state index contributed by atoms with van der Waals surface area (Å²) in [5, 5.41) is 0. The molecule has 0 spiro atoms. The van der Waals surface area contributed by atoms with Gasteiger partial charge in [0.1, 0.15) is 0 Å². The fraction of sp³-hybridized carbons (Fsp3) is 0.750. The van der Waals surface area contributed by atoms with Crippen LogP contribution in [0.15, 0.2) is 11.8 Å². The smallest absolute Gasteiger partial charge is 0.157 e. The molecule has 0 aromatic rings. The van der Waals surface area contributed by atoms with Gasteiger partial charge in [0.15, 0.2) is 5.78 Å². The fourth-order valence-corrected chi connectivity index (χ4v) is 2.23. The van der Waals surface area contributed by atoms with E-state index in [0.29, 0.717) is 12.5 Å². The Bertz CT molecular complexity index is 273. The number of hydrogen-bond acceptors (Lipinski definition) is 3. The molecule has 0 bridgehead atoms. The zero-order valence-corrected chi connectivity index (χ0v) is 9.37. The molecule has 1 atom stereocenters. The first kappa shape index (κ1) is 10.7. The van der Waals surface area contributed by atoms with Gasteiger partial charge < -0.3 is 9.64 Å². The number of carbonyl (C=O) groups is 1. The average Bonchev–Trinajstić information content (AvgIpc) is 2.54. The predicted molar refractivity (Wildman–Crippen MR) is 58.5 cm³/mol. The lowest BCUT2D eigenvalue weighted by molar-refractivity contribution is -0.114. The molecule has 0 aromatic carbocycles. The molecule has 0 radical (unpaired) electrons. The van der Waals surface area contributed by atoms with E-state index in [9.17, 15) is 4.79 Å². The molecule has 0 saturated carbocycles. The summed E-state index contributed by atoms with van der Waals surface area (Å²) in [4.78, 5) is 13.5. The van der Waals surface area contributed by atoms with Crippen molar-refractivity contribution in [1.29, 1.82) is 0 Å². The highest BCUT2D eigenvalue weighted by Crippen LogP contribution is 2.22. The van der Waals surface area contributed by atoms with Gasteiger partial charge in [-0.3, -0.25) is 4.79 Å². The molecule has 1 aliphatic heterocycles. The Hall–Kier alpha value is -0.830. The molecule has 1 unspecified atom stereocenters. The highest BCUT2D eigenvalue weighted by Gasteiger charge is 2.22. The van der Waals surface area contributed by atoms with Crippen LogP contribution in [0, 0.1) is 0 Å². The average molecular weight is 209 g/mol. The number of ketones is 1. The maximum Gasteiger partial charge on any atom is 0.157 e. The summed E-state index contributed by atoms with van der Waals surface area (Å²) in [6, 6.07) is 0. The van der Waals surface area contributed by atoms with E-state index < -0.39 is 0 Å². The number of ether oxygens (including phenoxy) is 1. The molecule has 3 nitrogen and oxygen atoms in total. The molecule has 84 valence electrons. The minimum Gasteiger partial charge on any atom is -0.376 e. The fourth-order valence-electron chi connectivity index (χ4n) is 2.23. The monoisotopic (exact) mass is 209 g/mol. The Kier molecular flexibility index (Phi) is 3.41. The molecule has 15 heavy (non-hydrogen) atoms. The number of hydrogen-bond donors (Lipinski definition) is 0. The van der Waals surface area contributed by atoms with Crippen LogP contribution >= 0.6 is 0 Å². The van der Waals surface area contributed by atoms with Crippen molar-refractivity contribution in [1.82, 2.24) is 4.90 Å². The molecule has 0 aromatic heterocycles. The van der Waals surface area contributed by atoms with Gasteiger partial charge in [-0.05, 0) is 19.3 Å². The van der Waals surface area contributed by atoms with Crippen LogP contribution < -0.4 is 0 Å². The largest absolute Gasteiger partial charge is 0.376 e. The topological polar surface area (TPSA) is 29.5 Å². The lowest BCUT2D eigenvalue weighted by Gasteiger charge is -2.26. The Morgan fingerprint density at radius 1 is 1.53 bits per heavy atom. The van der Waals surface area contributed by atoms with E-state index in [1.165, 1.54) is 5.70 Å². The van der Waals surface area contributed by atoms with E-state index in [2.05, 4.69) is 11.8 Å². The third-order valence-electron chi connectivity index (χ3n) is 3.17. The highest BCUT2D eigenvalue weighted by atomic mass is 16.5. The van der Waals surface area contributed by atoms with Gasteiger partial charge in [-0.1, -0.05) is 6.92 Å². The van der Waals surface area contributed by atoms with Gasteiger partial charge in [0.2, 0.25) is 0 Å². The number of carbonyl (C=O) groups excluding carboxylic acids is 1. The van der Waals surface area contributed by atoms with Crippen molar-refractivity contribution in [2.45, 2.75) is 38.7 Å². The lowest BCUT2D eigenvalue weighted by Crippen LogP contribution is -2.30. The zero-order chi connectivity index (χ0) is 10.7. The summed E-state index contributed by atoms with van der Waals surface area (Å²) in [7, 11) is 0. The second-order valence-electron chi connectivity index (χ2n) is 4.30. The maximum atomic E-state index is 11.2. The predicted octanol–water partition coefficient (Wildman–Crippen LogP) is 1.73.